The molecular formula is C11H22N2. The molecule has 2 aliphatic rings. The van der Waals surface area contributed by atoms with Crippen molar-refractivity contribution < 1.29 is 0 Å². The molecule has 0 amide bonds. The maximum absolute atomic E-state index is 2.70. The monoisotopic (exact) mass is 182 g/mol. The van der Waals surface area contributed by atoms with Crippen LogP contribution in [0.25, 0.3) is 0 Å². The van der Waals surface area contributed by atoms with Crippen molar-refractivity contribution >= 4 is 0 Å². The molecule has 0 aromatic carbocycles. The van der Waals surface area contributed by atoms with Crippen LogP contribution in [0.4, 0.5) is 0 Å². The van der Waals surface area contributed by atoms with Gasteiger partial charge in [-0.3, -0.25) is 4.90 Å². The highest BCUT2D eigenvalue weighted by Gasteiger charge is 2.27. The van der Waals surface area contributed by atoms with Gasteiger partial charge in [0.2, 0.25) is 0 Å². The van der Waals surface area contributed by atoms with Crippen LogP contribution in [0.5, 0.6) is 0 Å². The van der Waals surface area contributed by atoms with E-state index in [1.165, 1.54) is 45.4 Å². The minimum Gasteiger partial charge on any atom is -0.305 e. The molecular weight excluding hydrogens is 160 g/mol. The van der Waals surface area contributed by atoms with Crippen LogP contribution < -0.4 is 0 Å². The molecule has 1 saturated carbocycles. The molecule has 0 aromatic rings. The van der Waals surface area contributed by atoms with Gasteiger partial charge < -0.3 is 4.90 Å². The number of likely N-dealkylation sites (N-methyl/N-ethyl adjacent to an activating group) is 1. The quantitative estimate of drug-likeness (QED) is 0.637. The average molecular weight is 182 g/mol. The maximum atomic E-state index is 2.70. The minimum atomic E-state index is 0.811. The summed E-state index contributed by atoms with van der Waals surface area (Å²) in [5.41, 5.74) is 0. The zero-order chi connectivity index (χ0) is 9.26. The summed E-state index contributed by atoms with van der Waals surface area (Å²) < 4.78 is 0. The smallest absolute Gasteiger partial charge is 0.0112 e. The average Bonchev–Trinajstić information content (AvgIpc) is 2.90. The third-order valence-electron chi connectivity index (χ3n) is 3.51. The van der Waals surface area contributed by atoms with E-state index in [4.69, 9.17) is 0 Å². The summed E-state index contributed by atoms with van der Waals surface area (Å²) in [6.45, 7) is 7.59. The molecule has 1 unspecified atom stereocenters. The summed E-state index contributed by atoms with van der Waals surface area (Å²) in [7, 11) is 2.24. The fourth-order valence-corrected chi connectivity index (χ4v) is 2.12. The molecule has 0 spiro atoms. The van der Waals surface area contributed by atoms with Crippen LogP contribution in [0.2, 0.25) is 0 Å². The minimum absolute atomic E-state index is 0.811. The molecule has 2 fully saturated rings. The molecule has 1 aliphatic carbocycles. The van der Waals surface area contributed by atoms with Crippen LogP contribution in [-0.2, 0) is 0 Å². The lowest BCUT2D eigenvalue weighted by atomic mass is 10.2. The first kappa shape index (κ1) is 9.47. The summed E-state index contributed by atoms with van der Waals surface area (Å²) >= 11 is 0. The number of hydrogen-bond acceptors (Lipinski definition) is 2. The van der Waals surface area contributed by atoms with Crippen molar-refractivity contribution in [1.29, 1.82) is 0 Å². The van der Waals surface area contributed by atoms with Crippen LogP contribution in [0.3, 0.4) is 0 Å². The van der Waals surface area contributed by atoms with Crippen LogP contribution in [0, 0.1) is 5.92 Å². The maximum Gasteiger partial charge on any atom is 0.0112 e. The Morgan fingerprint density at radius 2 is 1.85 bits per heavy atom. The SMILES string of the molecule is CC1CCN(C)CCN1CC1CC1. The molecule has 0 aromatic heterocycles. The van der Waals surface area contributed by atoms with Gasteiger partial charge in [-0.15, -0.1) is 0 Å². The van der Waals surface area contributed by atoms with Gasteiger partial charge >= 0.3 is 0 Å². The number of hydrogen-bond donors (Lipinski definition) is 0. The van der Waals surface area contributed by atoms with Gasteiger partial charge in [0.15, 0.2) is 0 Å². The summed E-state index contributed by atoms with van der Waals surface area (Å²) in [5, 5.41) is 0. The highest BCUT2D eigenvalue weighted by Crippen LogP contribution is 2.30. The van der Waals surface area contributed by atoms with E-state index in [9.17, 15) is 0 Å². The standard InChI is InChI=1S/C11H22N2/c1-10-5-6-12(2)7-8-13(10)9-11-3-4-11/h10-11H,3-9H2,1-2H3. The first-order valence-corrected chi connectivity index (χ1v) is 5.68. The van der Waals surface area contributed by atoms with E-state index in [-0.39, 0.29) is 0 Å². The zero-order valence-corrected chi connectivity index (χ0v) is 9.00. The first-order chi connectivity index (χ1) is 6.25. The van der Waals surface area contributed by atoms with Crippen molar-refractivity contribution in [3.05, 3.63) is 0 Å². The van der Waals surface area contributed by atoms with E-state index in [1.807, 2.05) is 0 Å². The van der Waals surface area contributed by atoms with Crippen molar-refractivity contribution in [1.82, 2.24) is 9.80 Å². The third kappa shape index (κ3) is 2.68. The Labute approximate surface area is 81.9 Å². The second-order valence-electron chi connectivity index (χ2n) is 4.88. The molecule has 13 heavy (non-hydrogen) atoms. The summed E-state index contributed by atoms with van der Waals surface area (Å²) in [6.07, 6.45) is 4.32. The molecule has 1 saturated heterocycles. The number of nitrogens with zero attached hydrogens (tertiary/aromatic N) is 2. The van der Waals surface area contributed by atoms with Crippen LogP contribution in [0.15, 0.2) is 0 Å². The van der Waals surface area contributed by atoms with Crippen LogP contribution >= 0.6 is 0 Å². The topological polar surface area (TPSA) is 6.48 Å². The van der Waals surface area contributed by atoms with Crippen molar-refractivity contribution in [3.8, 4) is 0 Å². The molecule has 2 rings (SSSR count). The van der Waals surface area contributed by atoms with Gasteiger partial charge in [-0.05, 0) is 45.7 Å². The first-order valence-electron chi connectivity index (χ1n) is 5.68. The predicted octanol–water partition coefficient (Wildman–Crippen LogP) is 1.42. The molecule has 1 aliphatic heterocycles. The van der Waals surface area contributed by atoms with Gasteiger partial charge in [-0.25, -0.2) is 0 Å². The van der Waals surface area contributed by atoms with Crippen molar-refractivity contribution in [2.75, 3.05) is 33.2 Å². The van der Waals surface area contributed by atoms with E-state index in [0.29, 0.717) is 0 Å². The molecule has 0 radical (unpaired) electrons. The highest BCUT2D eigenvalue weighted by atomic mass is 15.2. The number of rotatable bonds is 2. The van der Waals surface area contributed by atoms with E-state index < -0.39 is 0 Å². The van der Waals surface area contributed by atoms with E-state index in [1.54, 1.807) is 0 Å². The fourth-order valence-electron chi connectivity index (χ4n) is 2.12. The van der Waals surface area contributed by atoms with Crippen LogP contribution in [0.1, 0.15) is 26.2 Å². The largest absolute Gasteiger partial charge is 0.305 e. The molecule has 2 heteroatoms. The molecule has 1 atom stereocenters. The Morgan fingerprint density at radius 1 is 1.08 bits per heavy atom. The molecule has 1 heterocycles. The van der Waals surface area contributed by atoms with E-state index in [0.717, 1.165) is 12.0 Å². The Bertz CT molecular complexity index is 165. The lowest BCUT2D eigenvalue weighted by molar-refractivity contribution is 0.208. The molecule has 2 nitrogen and oxygen atoms in total. The Hall–Kier alpha value is -0.0800. The molecule has 0 bridgehead atoms. The lowest BCUT2D eigenvalue weighted by Gasteiger charge is -2.26. The second kappa shape index (κ2) is 3.97. The Morgan fingerprint density at radius 3 is 2.54 bits per heavy atom. The predicted molar refractivity (Wildman–Crippen MR) is 55.9 cm³/mol. The summed E-state index contributed by atoms with van der Waals surface area (Å²) in [6, 6.07) is 0.811. The van der Waals surface area contributed by atoms with Gasteiger partial charge in [-0.2, -0.15) is 0 Å². The third-order valence-corrected chi connectivity index (χ3v) is 3.51. The van der Waals surface area contributed by atoms with Crippen molar-refractivity contribution in [2.24, 2.45) is 5.92 Å². The van der Waals surface area contributed by atoms with E-state index in [2.05, 4.69) is 23.8 Å². The van der Waals surface area contributed by atoms with Crippen molar-refractivity contribution in [2.45, 2.75) is 32.2 Å². The van der Waals surface area contributed by atoms with Crippen LogP contribution in [-0.4, -0.2) is 49.1 Å². The molecule has 76 valence electrons. The Kier molecular flexibility index (Phi) is 2.89. The summed E-state index contributed by atoms with van der Waals surface area (Å²) in [4.78, 5) is 5.16. The van der Waals surface area contributed by atoms with Gasteiger partial charge in [0.25, 0.3) is 0 Å². The zero-order valence-electron chi connectivity index (χ0n) is 9.00. The Balaban J connectivity index is 1.83. The lowest BCUT2D eigenvalue weighted by Crippen LogP contribution is -2.36. The van der Waals surface area contributed by atoms with E-state index >= 15 is 0 Å². The van der Waals surface area contributed by atoms with Crippen molar-refractivity contribution in [3.63, 3.8) is 0 Å². The second-order valence-corrected chi connectivity index (χ2v) is 4.88. The van der Waals surface area contributed by atoms with Gasteiger partial charge in [0.1, 0.15) is 0 Å². The fraction of sp³-hybridized carbons (Fsp3) is 1.00. The molecule has 0 N–H and O–H groups in total. The van der Waals surface area contributed by atoms with Gasteiger partial charge in [0, 0.05) is 25.7 Å². The normalized spacial score (nSPS) is 33.2. The highest BCUT2D eigenvalue weighted by molar-refractivity contribution is 4.82. The summed E-state index contributed by atoms with van der Waals surface area (Å²) in [5.74, 6) is 1.05. The van der Waals surface area contributed by atoms with Gasteiger partial charge in [0.05, 0.1) is 0 Å². The van der Waals surface area contributed by atoms with Gasteiger partial charge in [-0.1, -0.05) is 0 Å².